The molecule has 106 valence electrons. The van der Waals surface area contributed by atoms with E-state index in [0.29, 0.717) is 17.9 Å². The molecule has 0 bridgehead atoms. The first-order valence-electron chi connectivity index (χ1n) is 6.44. The first-order valence-corrected chi connectivity index (χ1v) is 6.44. The summed E-state index contributed by atoms with van der Waals surface area (Å²) in [5.74, 6) is 1.17. The number of hydrogen-bond acceptors (Lipinski definition) is 4. The van der Waals surface area contributed by atoms with Crippen LogP contribution in [0.3, 0.4) is 0 Å². The molecule has 1 amide bonds. The van der Waals surface area contributed by atoms with Gasteiger partial charge in [-0.2, -0.15) is 0 Å². The SMILES string of the molecule is CC(Cc1ccco1)NC(=O)COc1ccccc1N. The number of rotatable bonds is 6. The minimum absolute atomic E-state index is 0.0228. The highest BCUT2D eigenvalue weighted by atomic mass is 16.5. The first-order chi connectivity index (χ1) is 9.65. The van der Waals surface area contributed by atoms with Crippen molar-refractivity contribution < 1.29 is 13.9 Å². The van der Waals surface area contributed by atoms with Crippen LogP contribution in [0.2, 0.25) is 0 Å². The molecule has 1 unspecified atom stereocenters. The van der Waals surface area contributed by atoms with Crippen LogP contribution in [-0.4, -0.2) is 18.6 Å². The highest BCUT2D eigenvalue weighted by Crippen LogP contribution is 2.19. The van der Waals surface area contributed by atoms with Crippen molar-refractivity contribution in [3.8, 4) is 5.75 Å². The van der Waals surface area contributed by atoms with E-state index in [2.05, 4.69) is 5.32 Å². The molecule has 2 rings (SSSR count). The first kappa shape index (κ1) is 14.0. The van der Waals surface area contributed by atoms with Gasteiger partial charge in [0.2, 0.25) is 0 Å². The molecule has 1 aromatic carbocycles. The lowest BCUT2D eigenvalue weighted by molar-refractivity contribution is -0.123. The molecule has 1 aromatic heterocycles. The van der Waals surface area contributed by atoms with Crippen LogP contribution < -0.4 is 15.8 Å². The molecule has 5 nitrogen and oxygen atoms in total. The molecule has 0 aliphatic carbocycles. The summed E-state index contributed by atoms with van der Waals surface area (Å²) in [5, 5.41) is 2.84. The van der Waals surface area contributed by atoms with Crippen molar-refractivity contribution in [2.45, 2.75) is 19.4 Å². The average Bonchev–Trinajstić information content (AvgIpc) is 2.90. The average molecular weight is 274 g/mol. The number of nitrogens with two attached hydrogens (primary N) is 1. The number of nitrogen functional groups attached to an aromatic ring is 1. The van der Waals surface area contributed by atoms with Gasteiger partial charge in [-0.05, 0) is 31.2 Å². The highest BCUT2D eigenvalue weighted by molar-refractivity contribution is 5.78. The van der Waals surface area contributed by atoms with Gasteiger partial charge in [0.05, 0.1) is 12.0 Å². The Morgan fingerprint density at radius 3 is 2.85 bits per heavy atom. The van der Waals surface area contributed by atoms with Crippen molar-refractivity contribution in [3.05, 3.63) is 48.4 Å². The van der Waals surface area contributed by atoms with Gasteiger partial charge < -0.3 is 20.2 Å². The maximum Gasteiger partial charge on any atom is 0.258 e. The van der Waals surface area contributed by atoms with E-state index in [4.69, 9.17) is 14.9 Å². The number of amides is 1. The molecule has 0 fully saturated rings. The topological polar surface area (TPSA) is 77.5 Å². The van der Waals surface area contributed by atoms with Gasteiger partial charge >= 0.3 is 0 Å². The Morgan fingerprint density at radius 1 is 1.35 bits per heavy atom. The van der Waals surface area contributed by atoms with E-state index in [9.17, 15) is 4.79 Å². The number of benzene rings is 1. The molecule has 0 radical (unpaired) electrons. The summed E-state index contributed by atoms with van der Waals surface area (Å²) in [4.78, 5) is 11.8. The van der Waals surface area contributed by atoms with Crippen LogP contribution in [0.5, 0.6) is 5.75 Å². The van der Waals surface area contributed by atoms with Gasteiger partial charge in [0.25, 0.3) is 5.91 Å². The predicted octanol–water partition coefficient (Wildman–Crippen LogP) is 1.99. The molecule has 1 heterocycles. The minimum Gasteiger partial charge on any atom is -0.482 e. The predicted molar refractivity (Wildman–Crippen MR) is 76.4 cm³/mol. The lowest BCUT2D eigenvalue weighted by Crippen LogP contribution is -2.37. The molecule has 1 atom stereocenters. The van der Waals surface area contributed by atoms with Crippen molar-refractivity contribution in [2.75, 3.05) is 12.3 Å². The van der Waals surface area contributed by atoms with E-state index >= 15 is 0 Å². The maximum absolute atomic E-state index is 11.8. The van der Waals surface area contributed by atoms with Gasteiger partial charge in [0, 0.05) is 12.5 Å². The Kier molecular flexibility index (Phi) is 4.65. The lowest BCUT2D eigenvalue weighted by atomic mass is 10.2. The highest BCUT2D eigenvalue weighted by Gasteiger charge is 2.10. The number of hydrogen-bond donors (Lipinski definition) is 2. The van der Waals surface area contributed by atoms with Crippen LogP contribution in [-0.2, 0) is 11.2 Å². The Bertz CT molecular complexity index is 552. The second-order valence-corrected chi connectivity index (χ2v) is 4.58. The summed E-state index contributed by atoms with van der Waals surface area (Å²) in [5.41, 5.74) is 6.25. The van der Waals surface area contributed by atoms with Crippen molar-refractivity contribution in [3.63, 3.8) is 0 Å². The second-order valence-electron chi connectivity index (χ2n) is 4.58. The molecule has 2 aromatic rings. The summed E-state index contributed by atoms with van der Waals surface area (Å²) in [7, 11) is 0. The largest absolute Gasteiger partial charge is 0.482 e. The fourth-order valence-electron chi connectivity index (χ4n) is 1.85. The van der Waals surface area contributed by atoms with E-state index < -0.39 is 0 Å². The third-order valence-corrected chi connectivity index (χ3v) is 2.77. The van der Waals surface area contributed by atoms with Crippen LogP contribution in [0.15, 0.2) is 47.1 Å². The molecule has 0 aliphatic rings. The van der Waals surface area contributed by atoms with Crippen molar-refractivity contribution >= 4 is 11.6 Å². The number of nitrogens with one attached hydrogen (secondary N) is 1. The zero-order valence-electron chi connectivity index (χ0n) is 11.3. The Labute approximate surface area is 117 Å². The molecule has 0 saturated heterocycles. The van der Waals surface area contributed by atoms with Crippen molar-refractivity contribution in [1.82, 2.24) is 5.32 Å². The van der Waals surface area contributed by atoms with E-state index in [1.54, 1.807) is 18.4 Å². The summed E-state index contributed by atoms with van der Waals surface area (Å²) in [6.07, 6.45) is 2.26. The number of para-hydroxylation sites is 2. The van der Waals surface area contributed by atoms with Crippen LogP contribution in [0, 0.1) is 0 Å². The minimum atomic E-state index is -0.188. The zero-order valence-corrected chi connectivity index (χ0v) is 11.3. The van der Waals surface area contributed by atoms with Crippen LogP contribution in [0.4, 0.5) is 5.69 Å². The van der Waals surface area contributed by atoms with E-state index in [1.807, 2.05) is 31.2 Å². The number of carbonyl (C=O) groups is 1. The summed E-state index contributed by atoms with van der Waals surface area (Å²) >= 11 is 0. The third-order valence-electron chi connectivity index (χ3n) is 2.77. The van der Waals surface area contributed by atoms with E-state index in [-0.39, 0.29) is 18.6 Å². The zero-order chi connectivity index (χ0) is 14.4. The quantitative estimate of drug-likeness (QED) is 0.790. The van der Waals surface area contributed by atoms with Gasteiger partial charge in [-0.25, -0.2) is 0 Å². The molecule has 0 aliphatic heterocycles. The van der Waals surface area contributed by atoms with Crippen LogP contribution in [0.1, 0.15) is 12.7 Å². The monoisotopic (exact) mass is 274 g/mol. The molecule has 0 saturated carbocycles. The molecular weight excluding hydrogens is 256 g/mol. The summed E-state index contributed by atoms with van der Waals surface area (Å²) in [6, 6.07) is 10.8. The Hall–Kier alpha value is -2.43. The molecule has 5 heteroatoms. The van der Waals surface area contributed by atoms with Crippen molar-refractivity contribution in [1.29, 1.82) is 0 Å². The van der Waals surface area contributed by atoms with E-state index in [1.165, 1.54) is 0 Å². The normalized spacial score (nSPS) is 11.8. The number of carbonyl (C=O) groups excluding carboxylic acids is 1. The Balaban J connectivity index is 1.76. The van der Waals surface area contributed by atoms with Gasteiger partial charge in [0.15, 0.2) is 6.61 Å². The van der Waals surface area contributed by atoms with Gasteiger partial charge in [-0.15, -0.1) is 0 Å². The third kappa shape index (κ3) is 4.05. The second kappa shape index (κ2) is 6.65. The fraction of sp³-hybridized carbons (Fsp3) is 0.267. The smallest absolute Gasteiger partial charge is 0.258 e. The van der Waals surface area contributed by atoms with Crippen LogP contribution >= 0.6 is 0 Å². The fourth-order valence-corrected chi connectivity index (χ4v) is 1.85. The summed E-state index contributed by atoms with van der Waals surface area (Å²) in [6.45, 7) is 1.86. The number of furan rings is 1. The molecule has 3 N–H and O–H groups in total. The van der Waals surface area contributed by atoms with E-state index in [0.717, 1.165) is 5.76 Å². The van der Waals surface area contributed by atoms with Crippen molar-refractivity contribution in [2.24, 2.45) is 0 Å². The van der Waals surface area contributed by atoms with Gasteiger partial charge in [-0.1, -0.05) is 12.1 Å². The molecular formula is C15H18N2O3. The molecule has 0 spiro atoms. The number of anilines is 1. The van der Waals surface area contributed by atoms with Crippen LogP contribution in [0.25, 0.3) is 0 Å². The maximum atomic E-state index is 11.8. The Morgan fingerprint density at radius 2 is 2.15 bits per heavy atom. The summed E-state index contributed by atoms with van der Waals surface area (Å²) < 4.78 is 10.6. The lowest BCUT2D eigenvalue weighted by Gasteiger charge is -2.13. The van der Waals surface area contributed by atoms with Gasteiger partial charge in [0.1, 0.15) is 11.5 Å². The van der Waals surface area contributed by atoms with Gasteiger partial charge in [-0.3, -0.25) is 4.79 Å². The standard InChI is InChI=1S/C15H18N2O3/c1-11(9-12-5-4-8-19-12)17-15(18)10-20-14-7-3-2-6-13(14)16/h2-8,11H,9-10,16H2,1H3,(H,17,18). The number of ether oxygens (including phenoxy) is 1. The molecule has 20 heavy (non-hydrogen) atoms.